The molecule has 1 saturated heterocycles. The predicted octanol–water partition coefficient (Wildman–Crippen LogP) is 3.64. The second-order valence-corrected chi connectivity index (χ2v) is 8.55. The van der Waals surface area contributed by atoms with Crippen molar-refractivity contribution in [3.63, 3.8) is 0 Å². The molecule has 0 spiro atoms. The molecule has 2 aromatic carbocycles. The number of nitrogens with zero attached hydrogens (tertiary/aromatic N) is 1. The highest BCUT2D eigenvalue weighted by Gasteiger charge is 2.17. The molecule has 32 heavy (non-hydrogen) atoms. The van der Waals surface area contributed by atoms with E-state index in [0.29, 0.717) is 54.2 Å². The number of carbonyl (C=O) groups excluding carboxylic acids is 2. The average Bonchev–Trinajstić information content (AvgIpc) is 2.78. The Morgan fingerprint density at radius 1 is 1.25 bits per heavy atom. The molecule has 0 aliphatic carbocycles. The van der Waals surface area contributed by atoms with E-state index < -0.39 is 0 Å². The summed E-state index contributed by atoms with van der Waals surface area (Å²) in [5.74, 6) is 1.17. The van der Waals surface area contributed by atoms with E-state index in [4.69, 9.17) is 21.1 Å². The van der Waals surface area contributed by atoms with Crippen molar-refractivity contribution in [2.24, 2.45) is 5.92 Å². The molecular formula is C24H30ClN3O4. The molecule has 1 heterocycles. The van der Waals surface area contributed by atoms with Crippen molar-refractivity contribution in [3.8, 4) is 11.5 Å². The summed E-state index contributed by atoms with van der Waals surface area (Å²) in [6, 6.07) is 11.0. The van der Waals surface area contributed by atoms with Crippen molar-refractivity contribution in [2.45, 2.75) is 26.8 Å². The third-order valence-corrected chi connectivity index (χ3v) is 5.51. The third-order valence-electron chi connectivity index (χ3n) is 5.23. The molecule has 0 atom stereocenters. The van der Waals surface area contributed by atoms with Gasteiger partial charge >= 0.3 is 0 Å². The topological polar surface area (TPSA) is 79.9 Å². The minimum atomic E-state index is -0.254. The van der Waals surface area contributed by atoms with Gasteiger partial charge in [0.1, 0.15) is 0 Å². The number of methoxy groups -OCH3 is 1. The molecule has 2 aromatic rings. The van der Waals surface area contributed by atoms with Gasteiger partial charge in [-0.15, -0.1) is 0 Å². The van der Waals surface area contributed by atoms with E-state index in [1.807, 2.05) is 29.2 Å². The SMILES string of the molecule is COc1cc(C(=O)NCc2ccc(N3CCNC(=O)C3)cc2)cc(Cl)c1OCCC(C)C. The van der Waals surface area contributed by atoms with Gasteiger partial charge in [0.15, 0.2) is 11.5 Å². The molecule has 7 nitrogen and oxygen atoms in total. The average molecular weight is 460 g/mol. The van der Waals surface area contributed by atoms with Crippen molar-refractivity contribution in [2.75, 3.05) is 38.3 Å². The van der Waals surface area contributed by atoms with Crippen LogP contribution in [0.4, 0.5) is 5.69 Å². The molecule has 1 aliphatic rings. The smallest absolute Gasteiger partial charge is 0.251 e. The number of hydrogen-bond donors (Lipinski definition) is 2. The zero-order chi connectivity index (χ0) is 23.1. The molecule has 2 amide bonds. The second-order valence-electron chi connectivity index (χ2n) is 8.14. The number of rotatable bonds is 9. The van der Waals surface area contributed by atoms with Crippen LogP contribution in [0.3, 0.4) is 0 Å². The van der Waals surface area contributed by atoms with E-state index in [1.54, 1.807) is 12.1 Å². The van der Waals surface area contributed by atoms with E-state index in [-0.39, 0.29) is 11.8 Å². The summed E-state index contributed by atoms with van der Waals surface area (Å²) in [5.41, 5.74) is 2.34. The summed E-state index contributed by atoms with van der Waals surface area (Å²) in [7, 11) is 1.52. The molecule has 1 fully saturated rings. The maximum Gasteiger partial charge on any atom is 0.251 e. The van der Waals surface area contributed by atoms with Gasteiger partial charge in [-0.3, -0.25) is 9.59 Å². The molecule has 1 aliphatic heterocycles. The number of hydrogen-bond acceptors (Lipinski definition) is 5. The molecule has 0 unspecified atom stereocenters. The second kappa shape index (κ2) is 11.1. The third kappa shape index (κ3) is 6.29. The molecule has 3 rings (SSSR count). The van der Waals surface area contributed by atoms with Crippen LogP contribution >= 0.6 is 11.6 Å². The van der Waals surface area contributed by atoms with Gasteiger partial charge in [-0.05, 0) is 42.2 Å². The molecular weight excluding hydrogens is 430 g/mol. The van der Waals surface area contributed by atoms with Crippen molar-refractivity contribution in [1.29, 1.82) is 0 Å². The quantitative estimate of drug-likeness (QED) is 0.598. The first kappa shape index (κ1) is 23.7. The first-order valence-corrected chi connectivity index (χ1v) is 11.1. The Labute approximate surface area is 194 Å². The number of benzene rings is 2. The Morgan fingerprint density at radius 2 is 2.00 bits per heavy atom. The highest BCUT2D eigenvalue weighted by atomic mass is 35.5. The molecule has 2 N–H and O–H groups in total. The van der Waals surface area contributed by atoms with Crippen molar-refractivity contribution < 1.29 is 19.1 Å². The number of ether oxygens (including phenoxy) is 2. The van der Waals surface area contributed by atoms with Crippen LogP contribution in [0, 0.1) is 5.92 Å². The van der Waals surface area contributed by atoms with Gasteiger partial charge in [-0.2, -0.15) is 0 Å². The Morgan fingerprint density at radius 3 is 2.66 bits per heavy atom. The number of anilines is 1. The van der Waals surface area contributed by atoms with E-state index in [1.165, 1.54) is 7.11 Å². The highest BCUT2D eigenvalue weighted by Crippen LogP contribution is 2.36. The molecule has 0 bridgehead atoms. The van der Waals surface area contributed by atoms with Crippen molar-refractivity contribution in [1.82, 2.24) is 10.6 Å². The standard InChI is InChI=1S/C24H30ClN3O4/c1-16(2)8-11-32-23-20(25)12-18(13-21(23)31-3)24(30)27-14-17-4-6-19(7-5-17)28-10-9-26-22(29)15-28/h4-7,12-13,16H,8-11,14-15H2,1-3H3,(H,26,29)(H,27,30). The summed E-state index contributed by atoms with van der Waals surface area (Å²) in [6.07, 6.45) is 0.894. The zero-order valence-electron chi connectivity index (χ0n) is 18.7. The molecule has 172 valence electrons. The van der Waals surface area contributed by atoms with E-state index >= 15 is 0 Å². The number of nitrogens with one attached hydrogen (secondary N) is 2. The maximum atomic E-state index is 12.7. The minimum Gasteiger partial charge on any atom is -0.493 e. The summed E-state index contributed by atoms with van der Waals surface area (Å²) < 4.78 is 11.2. The lowest BCUT2D eigenvalue weighted by molar-refractivity contribution is -0.120. The monoisotopic (exact) mass is 459 g/mol. The van der Waals surface area contributed by atoms with Crippen LogP contribution in [-0.4, -0.2) is 45.2 Å². The van der Waals surface area contributed by atoms with Crippen LogP contribution in [0.2, 0.25) is 5.02 Å². The van der Waals surface area contributed by atoms with Gasteiger partial charge in [0, 0.05) is 30.9 Å². The largest absolute Gasteiger partial charge is 0.493 e. The van der Waals surface area contributed by atoms with E-state index in [2.05, 4.69) is 24.5 Å². The minimum absolute atomic E-state index is 0.0259. The van der Waals surface area contributed by atoms with E-state index in [0.717, 1.165) is 24.2 Å². The molecule has 0 saturated carbocycles. The molecule has 0 radical (unpaired) electrons. The number of halogens is 1. The van der Waals surface area contributed by atoms with Gasteiger partial charge in [-0.1, -0.05) is 37.6 Å². The lowest BCUT2D eigenvalue weighted by Crippen LogP contribution is -2.47. The first-order chi connectivity index (χ1) is 15.4. The van der Waals surface area contributed by atoms with Gasteiger partial charge in [-0.25, -0.2) is 0 Å². The number of piperazine rings is 1. The predicted molar refractivity (Wildman–Crippen MR) is 126 cm³/mol. The van der Waals surface area contributed by atoms with Crippen LogP contribution < -0.4 is 25.0 Å². The lowest BCUT2D eigenvalue weighted by atomic mass is 10.1. The fourth-order valence-electron chi connectivity index (χ4n) is 3.36. The summed E-state index contributed by atoms with van der Waals surface area (Å²) >= 11 is 6.37. The fraction of sp³-hybridized carbons (Fsp3) is 0.417. The lowest BCUT2D eigenvalue weighted by Gasteiger charge is -2.28. The Bertz CT molecular complexity index is 947. The van der Waals surface area contributed by atoms with Gasteiger partial charge in [0.05, 0.1) is 25.3 Å². The summed E-state index contributed by atoms with van der Waals surface area (Å²) in [6.45, 7) is 6.91. The highest BCUT2D eigenvalue weighted by molar-refractivity contribution is 6.32. The summed E-state index contributed by atoms with van der Waals surface area (Å²) in [4.78, 5) is 26.3. The van der Waals surface area contributed by atoms with Crippen LogP contribution in [-0.2, 0) is 11.3 Å². The van der Waals surface area contributed by atoms with Crippen LogP contribution in [0.1, 0.15) is 36.2 Å². The van der Waals surface area contributed by atoms with Gasteiger partial charge in [0.2, 0.25) is 5.91 Å². The Balaban J connectivity index is 1.60. The molecule has 8 heteroatoms. The number of amides is 2. The van der Waals surface area contributed by atoms with Gasteiger partial charge < -0.3 is 25.0 Å². The normalized spacial score (nSPS) is 13.7. The Kier molecular flexibility index (Phi) is 8.22. The fourth-order valence-corrected chi connectivity index (χ4v) is 3.62. The van der Waals surface area contributed by atoms with Crippen molar-refractivity contribution in [3.05, 3.63) is 52.5 Å². The van der Waals surface area contributed by atoms with Crippen LogP contribution in [0.15, 0.2) is 36.4 Å². The zero-order valence-corrected chi connectivity index (χ0v) is 19.5. The van der Waals surface area contributed by atoms with Crippen LogP contribution in [0.5, 0.6) is 11.5 Å². The van der Waals surface area contributed by atoms with E-state index in [9.17, 15) is 9.59 Å². The first-order valence-electron chi connectivity index (χ1n) is 10.8. The summed E-state index contributed by atoms with van der Waals surface area (Å²) in [5, 5.41) is 6.06. The Hall–Kier alpha value is -2.93. The maximum absolute atomic E-state index is 12.7. The molecule has 0 aromatic heterocycles. The van der Waals surface area contributed by atoms with Gasteiger partial charge in [0.25, 0.3) is 5.91 Å². The number of carbonyl (C=O) groups is 2. The van der Waals surface area contributed by atoms with Crippen molar-refractivity contribution >= 4 is 29.1 Å². The van der Waals surface area contributed by atoms with Crippen LogP contribution in [0.25, 0.3) is 0 Å².